The van der Waals surface area contributed by atoms with Gasteiger partial charge < -0.3 is 4.90 Å². The first-order chi connectivity index (χ1) is 9.52. The second-order valence-electron chi connectivity index (χ2n) is 6.36. The predicted octanol–water partition coefficient (Wildman–Crippen LogP) is 2.83. The standard InChI is InChI=1S/C16H21FN2O/c1-11(2)7-10-19-14(12-3-5-13(17)6-4-12)18-16(8-9-16)15(19)20/h3-6,11,14,18H,7-10H2,1-2H3. The average Bonchev–Trinajstić information content (AvgIpc) is 3.13. The highest BCUT2D eigenvalue weighted by atomic mass is 19.1. The summed E-state index contributed by atoms with van der Waals surface area (Å²) in [7, 11) is 0. The molecule has 108 valence electrons. The molecule has 1 unspecified atom stereocenters. The Morgan fingerprint density at radius 3 is 2.55 bits per heavy atom. The fourth-order valence-electron chi connectivity index (χ4n) is 2.81. The Balaban J connectivity index is 1.83. The third-order valence-electron chi connectivity index (χ3n) is 4.28. The Morgan fingerprint density at radius 1 is 1.35 bits per heavy atom. The molecule has 1 aromatic rings. The van der Waals surface area contributed by atoms with Crippen molar-refractivity contribution in [2.24, 2.45) is 5.92 Å². The lowest BCUT2D eigenvalue weighted by molar-refractivity contribution is -0.131. The summed E-state index contributed by atoms with van der Waals surface area (Å²) in [6, 6.07) is 6.45. The van der Waals surface area contributed by atoms with E-state index in [4.69, 9.17) is 0 Å². The first-order valence-electron chi connectivity index (χ1n) is 7.36. The Kier molecular flexibility index (Phi) is 3.28. The smallest absolute Gasteiger partial charge is 0.244 e. The topological polar surface area (TPSA) is 32.3 Å². The normalized spacial score (nSPS) is 23.9. The molecule has 1 saturated heterocycles. The highest BCUT2D eigenvalue weighted by Gasteiger charge is 2.59. The molecule has 20 heavy (non-hydrogen) atoms. The third-order valence-corrected chi connectivity index (χ3v) is 4.28. The Morgan fingerprint density at radius 2 is 2.00 bits per heavy atom. The van der Waals surface area contributed by atoms with E-state index >= 15 is 0 Å². The first-order valence-corrected chi connectivity index (χ1v) is 7.36. The summed E-state index contributed by atoms with van der Waals surface area (Å²) < 4.78 is 13.1. The highest BCUT2D eigenvalue weighted by Crippen LogP contribution is 2.46. The maximum atomic E-state index is 13.1. The molecule has 1 aliphatic carbocycles. The van der Waals surface area contributed by atoms with E-state index in [1.165, 1.54) is 12.1 Å². The molecular weight excluding hydrogens is 255 g/mol. The van der Waals surface area contributed by atoms with Crippen LogP contribution in [0.15, 0.2) is 24.3 Å². The monoisotopic (exact) mass is 276 g/mol. The summed E-state index contributed by atoms with van der Waals surface area (Å²) >= 11 is 0. The van der Waals surface area contributed by atoms with Gasteiger partial charge in [-0.05, 0) is 42.9 Å². The van der Waals surface area contributed by atoms with Crippen LogP contribution in [-0.2, 0) is 4.79 Å². The third kappa shape index (κ3) is 2.33. The number of nitrogens with zero attached hydrogens (tertiary/aromatic N) is 1. The molecule has 0 aromatic heterocycles. The molecule has 0 radical (unpaired) electrons. The van der Waals surface area contributed by atoms with Gasteiger partial charge in [0.2, 0.25) is 5.91 Å². The van der Waals surface area contributed by atoms with Gasteiger partial charge in [-0.2, -0.15) is 0 Å². The van der Waals surface area contributed by atoms with Gasteiger partial charge in [0.05, 0.1) is 0 Å². The summed E-state index contributed by atoms with van der Waals surface area (Å²) in [6.45, 7) is 5.08. The van der Waals surface area contributed by atoms with Crippen molar-refractivity contribution in [2.45, 2.75) is 44.8 Å². The lowest BCUT2D eigenvalue weighted by Crippen LogP contribution is -2.33. The number of hydrogen-bond donors (Lipinski definition) is 1. The van der Waals surface area contributed by atoms with Crippen LogP contribution >= 0.6 is 0 Å². The molecule has 1 spiro atoms. The Labute approximate surface area is 119 Å². The summed E-state index contributed by atoms with van der Waals surface area (Å²) in [5.74, 6) is 0.535. The van der Waals surface area contributed by atoms with Gasteiger partial charge in [0, 0.05) is 6.54 Å². The van der Waals surface area contributed by atoms with Crippen molar-refractivity contribution in [3.8, 4) is 0 Å². The number of halogens is 1. The Hall–Kier alpha value is -1.42. The molecule has 1 amide bonds. The van der Waals surface area contributed by atoms with Gasteiger partial charge in [0.25, 0.3) is 0 Å². The number of carbonyl (C=O) groups excluding carboxylic acids is 1. The number of carbonyl (C=O) groups is 1. The molecule has 2 fully saturated rings. The average molecular weight is 276 g/mol. The first kappa shape index (κ1) is 13.6. The van der Waals surface area contributed by atoms with E-state index in [9.17, 15) is 9.18 Å². The molecule has 1 N–H and O–H groups in total. The van der Waals surface area contributed by atoms with Crippen LogP contribution in [0.5, 0.6) is 0 Å². The maximum Gasteiger partial charge on any atom is 0.244 e. The van der Waals surface area contributed by atoms with E-state index in [2.05, 4.69) is 19.2 Å². The SMILES string of the molecule is CC(C)CCN1C(=O)C2(CC2)NC1c1ccc(F)cc1. The van der Waals surface area contributed by atoms with Crippen molar-refractivity contribution in [1.82, 2.24) is 10.2 Å². The fraction of sp³-hybridized carbons (Fsp3) is 0.562. The molecule has 1 saturated carbocycles. The van der Waals surface area contributed by atoms with Gasteiger partial charge in [-0.15, -0.1) is 0 Å². The van der Waals surface area contributed by atoms with Gasteiger partial charge >= 0.3 is 0 Å². The zero-order valence-corrected chi connectivity index (χ0v) is 12.0. The second kappa shape index (κ2) is 4.85. The number of amides is 1. The van der Waals surface area contributed by atoms with E-state index in [0.717, 1.165) is 31.4 Å². The van der Waals surface area contributed by atoms with Crippen molar-refractivity contribution in [3.05, 3.63) is 35.6 Å². The summed E-state index contributed by atoms with van der Waals surface area (Å²) in [5, 5.41) is 3.45. The van der Waals surface area contributed by atoms with Gasteiger partial charge in [0.1, 0.15) is 17.5 Å². The van der Waals surface area contributed by atoms with E-state index < -0.39 is 0 Å². The summed E-state index contributed by atoms with van der Waals surface area (Å²) in [6.07, 6.45) is 2.72. The number of nitrogens with one attached hydrogen (secondary N) is 1. The molecule has 4 heteroatoms. The predicted molar refractivity (Wildman–Crippen MR) is 75.4 cm³/mol. The van der Waals surface area contributed by atoms with Crippen LogP contribution in [0.1, 0.15) is 44.8 Å². The molecule has 1 aliphatic heterocycles. The van der Waals surface area contributed by atoms with Crippen LogP contribution in [-0.4, -0.2) is 22.9 Å². The lowest BCUT2D eigenvalue weighted by atomic mass is 10.1. The van der Waals surface area contributed by atoms with Crippen LogP contribution in [0, 0.1) is 11.7 Å². The van der Waals surface area contributed by atoms with Gasteiger partial charge in [-0.1, -0.05) is 26.0 Å². The largest absolute Gasteiger partial charge is 0.321 e. The summed E-state index contributed by atoms with van der Waals surface area (Å²) in [5.41, 5.74) is 0.642. The highest BCUT2D eigenvalue weighted by molar-refractivity contribution is 5.92. The summed E-state index contributed by atoms with van der Waals surface area (Å²) in [4.78, 5) is 14.5. The Bertz CT molecular complexity index is 508. The van der Waals surface area contributed by atoms with E-state index in [1.54, 1.807) is 12.1 Å². The molecule has 3 rings (SSSR count). The molecule has 0 bridgehead atoms. The number of rotatable bonds is 4. The van der Waals surface area contributed by atoms with Crippen molar-refractivity contribution in [2.75, 3.05) is 6.54 Å². The molecule has 2 aliphatic rings. The number of benzene rings is 1. The van der Waals surface area contributed by atoms with Crippen LogP contribution < -0.4 is 5.32 Å². The van der Waals surface area contributed by atoms with Gasteiger partial charge in [-0.25, -0.2) is 4.39 Å². The van der Waals surface area contributed by atoms with Crippen molar-refractivity contribution >= 4 is 5.91 Å². The molecule has 1 atom stereocenters. The van der Waals surface area contributed by atoms with Crippen LogP contribution in [0.3, 0.4) is 0 Å². The maximum absolute atomic E-state index is 13.1. The molecule has 1 heterocycles. The number of hydrogen-bond acceptors (Lipinski definition) is 2. The minimum Gasteiger partial charge on any atom is -0.321 e. The van der Waals surface area contributed by atoms with E-state index in [0.29, 0.717) is 5.92 Å². The second-order valence-corrected chi connectivity index (χ2v) is 6.36. The minimum atomic E-state index is -0.323. The quantitative estimate of drug-likeness (QED) is 0.917. The minimum absolute atomic E-state index is 0.107. The molecule has 3 nitrogen and oxygen atoms in total. The molecular formula is C16H21FN2O. The lowest BCUT2D eigenvalue weighted by Gasteiger charge is -2.25. The zero-order chi connectivity index (χ0) is 14.3. The van der Waals surface area contributed by atoms with E-state index in [-0.39, 0.29) is 23.4 Å². The molecule has 1 aromatic carbocycles. The van der Waals surface area contributed by atoms with Gasteiger partial charge in [0.15, 0.2) is 0 Å². The van der Waals surface area contributed by atoms with Gasteiger partial charge in [-0.3, -0.25) is 10.1 Å². The van der Waals surface area contributed by atoms with E-state index in [1.807, 2.05) is 4.90 Å². The van der Waals surface area contributed by atoms with Crippen LogP contribution in [0.4, 0.5) is 4.39 Å². The zero-order valence-electron chi connectivity index (χ0n) is 12.0. The van der Waals surface area contributed by atoms with Crippen molar-refractivity contribution < 1.29 is 9.18 Å². The van der Waals surface area contributed by atoms with Crippen molar-refractivity contribution in [1.29, 1.82) is 0 Å². The van der Waals surface area contributed by atoms with Crippen LogP contribution in [0.2, 0.25) is 0 Å². The van der Waals surface area contributed by atoms with Crippen molar-refractivity contribution in [3.63, 3.8) is 0 Å². The van der Waals surface area contributed by atoms with Crippen LogP contribution in [0.25, 0.3) is 0 Å². The fourth-order valence-corrected chi connectivity index (χ4v) is 2.81.